The molecule has 0 saturated carbocycles. The Balaban J connectivity index is 3.02. The van der Waals surface area contributed by atoms with Gasteiger partial charge in [0.25, 0.3) is 5.69 Å². The molecule has 0 atom stereocenters. The van der Waals surface area contributed by atoms with Crippen LogP contribution in [0.4, 0.5) is 11.4 Å². The number of aliphatic carboxylic acids is 1. The molecule has 0 aromatic heterocycles. The van der Waals surface area contributed by atoms with Crippen LogP contribution in [0.2, 0.25) is 5.02 Å². The molecule has 1 aromatic carbocycles. The van der Waals surface area contributed by atoms with E-state index in [0.717, 1.165) is 12.1 Å². The first-order valence-corrected chi connectivity index (χ1v) is 7.32. The molecule has 0 fully saturated rings. The standard InChI is InChI=1S/C10H11ClN2O6S/c1-6-4-9(13(16)17)7(11)5-8(6)12-20(18,19)3-2-10(14)15/h4-5,12H,2-3H2,1H3,(H,14,15). The SMILES string of the molecule is Cc1cc([N+](=O)[O-])c(Cl)cc1NS(=O)(=O)CCC(=O)O. The molecule has 1 aromatic rings. The van der Waals surface area contributed by atoms with Gasteiger partial charge in [0.15, 0.2) is 0 Å². The van der Waals surface area contributed by atoms with E-state index in [1.165, 1.54) is 6.92 Å². The number of halogens is 1. The number of carboxylic acid groups (broad SMARTS) is 1. The number of nitro groups is 1. The number of aryl methyl sites for hydroxylation is 1. The molecule has 2 N–H and O–H groups in total. The third kappa shape index (κ3) is 4.35. The number of rotatable bonds is 6. The first kappa shape index (κ1) is 16.2. The van der Waals surface area contributed by atoms with Crippen molar-refractivity contribution < 1.29 is 23.2 Å². The third-order valence-corrected chi connectivity index (χ3v) is 3.92. The van der Waals surface area contributed by atoms with Gasteiger partial charge in [0.2, 0.25) is 10.0 Å². The van der Waals surface area contributed by atoms with Crippen LogP contribution in [0.3, 0.4) is 0 Å². The fraction of sp³-hybridized carbons (Fsp3) is 0.300. The molecule has 0 saturated heterocycles. The highest BCUT2D eigenvalue weighted by Crippen LogP contribution is 2.31. The molecular weight excluding hydrogens is 312 g/mol. The van der Waals surface area contributed by atoms with Crippen LogP contribution in [0.5, 0.6) is 0 Å². The van der Waals surface area contributed by atoms with Gasteiger partial charge in [-0.3, -0.25) is 19.6 Å². The van der Waals surface area contributed by atoms with Gasteiger partial charge in [-0.2, -0.15) is 0 Å². The quantitative estimate of drug-likeness (QED) is 0.607. The van der Waals surface area contributed by atoms with E-state index in [0.29, 0.717) is 5.56 Å². The maximum Gasteiger partial charge on any atom is 0.304 e. The van der Waals surface area contributed by atoms with E-state index in [1.807, 2.05) is 0 Å². The fourth-order valence-corrected chi connectivity index (χ4v) is 2.69. The first-order chi connectivity index (χ1) is 9.12. The summed E-state index contributed by atoms with van der Waals surface area (Å²) in [6.07, 6.45) is -0.547. The lowest BCUT2D eigenvalue weighted by atomic mass is 10.2. The van der Waals surface area contributed by atoms with Gasteiger partial charge in [-0.15, -0.1) is 0 Å². The summed E-state index contributed by atoms with van der Waals surface area (Å²) in [5, 5.41) is 18.9. The number of carbonyl (C=O) groups is 1. The van der Waals surface area contributed by atoms with Crippen molar-refractivity contribution in [2.24, 2.45) is 0 Å². The van der Waals surface area contributed by atoms with Crippen LogP contribution in [0.15, 0.2) is 12.1 Å². The highest BCUT2D eigenvalue weighted by Gasteiger charge is 2.19. The van der Waals surface area contributed by atoms with Gasteiger partial charge < -0.3 is 5.11 Å². The van der Waals surface area contributed by atoms with E-state index in [2.05, 4.69) is 4.72 Å². The van der Waals surface area contributed by atoms with Crippen LogP contribution in [-0.4, -0.2) is 30.2 Å². The first-order valence-electron chi connectivity index (χ1n) is 5.29. The number of carboxylic acids is 1. The molecule has 0 heterocycles. The second-order valence-corrected chi connectivity index (χ2v) is 6.19. The Kier molecular flexibility index (Phi) is 4.90. The van der Waals surface area contributed by atoms with Crippen LogP contribution < -0.4 is 4.72 Å². The second kappa shape index (κ2) is 6.06. The predicted molar refractivity (Wildman–Crippen MR) is 72.5 cm³/mol. The van der Waals surface area contributed by atoms with Gasteiger partial charge in [0.1, 0.15) is 5.02 Å². The van der Waals surface area contributed by atoms with E-state index >= 15 is 0 Å². The number of nitro benzene ring substituents is 1. The van der Waals surface area contributed by atoms with E-state index in [4.69, 9.17) is 16.7 Å². The molecule has 110 valence electrons. The number of nitrogens with one attached hydrogen (secondary N) is 1. The van der Waals surface area contributed by atoms with Crippen LogP contribution >= 0.6 is 11.6 Å². The Morgan fingerprint density at radius 2 is 2.10 bits per heavy atom. The molecule has 20 heavy (non-hydrogen) atoms. The van der Waals surface area contributed by atoms with Crippen molar-refractivity contribution in [2.45, 2.75) is 13.3 Å². The lowest BCUT2D eigenvalue weighted by Crippen LogP contribution is -2.19. The highest BCUT2D eigenvalue weighted by atomic mass is 35.5. The molecule has 0 unspecified atom stereocenters. The van der Waals surface area contributed by atoms with Gasteiger partial charge in [-0.05, 0) is 18.6 Å². The van der Waals surface area contributed by atoms with Crippen LogP contribution in [0, 0.1) is 17.0 Å². The van der Waals surface area contributed by atoms with Crippen molar-refractivity contribution >= 4 is 39.0 Å². The topological polar surface area (TPSA) is 127 Å². The largest absolute Gasteiger partial charge is 0.481 e. The summed E-state index contributed by atoms with van der Waals surface area (Å²) in [6.45, 7) is 1.47. The molecule has 10 heteroatoms. The molecule has 8 nitrogen and oxygen atoms in total. The van der Waals surface area contributed by atoms with Crippen molar-refractivity contribution in [1.82, 2.24) is 0 Å². The molecule has 1 rings (SSSR count). The molecule has 0 aliphatic carbocycles. The number of nitrogens with zero attached hydrogens (tertiary/aromatic N) is 1. The predicted octanol–water partition coefficient (Wildman–Crippen LogP) is 1.77. The van der Waals surface area contributed by atoms with E-state index < -0.39 is 33.1 Å². The summed E-state index contributed by atoms with van der Waals surface area (Å²) in [5.74, 6) is -1.84. The number of hydrogen-bond donors (Lipinski definition) is 2. The van der Waals surface area contributed by atoms with Crippen molar-refractivity contribution in [3.63, 3.8) is 0 Å². The second-order valence-electron chi connectivity index (χ2n) is 3.94. The Hall–Kier alpha value is -1.87. The zero-order valence-corrected chi connectivity index (χ0v) is 11.9. The molecule has 0 aliphatic rings. The number of benzene rings is 1. The zero-order chi connectivity index (χ0) is 15.5. The van der Waals surface area contributed by atoms with Crippen molar-refractivity contribution in [3.05, 3.63) is 32.8 Å². The van der Waals surface area contributed by atoms with Gasteiger partial charge >= 0.3 is 5.97 Å². The number of sulfonamides is 1. The van der Waals surface area contributed by atoms with Gasteiger partial charge in [0.05, 0.1) is 22.8 Å². The monoisotopic (exact) mass is 322 g/mol. The summed E-state index contributed by atoms with van der Waals surface area (Å²) in [7, 11) is -3.86. The zero-order valence-electron chi connectivity index (χ0n) is 10.3. The maximum absolute atomic E-state index is 11.6. The minimum absolute atomic E-state index is 0.0750. The van der Waals surface area contributed by atoms with E-state index in [-0.39, 0.29) is 16.4 Å². The molecule has 0 aliphatic heterocycles. The minimum atomic E-state index is -3.86. The summed E-state index contributed by atoms with van der Waals surface area (Å²) in [6, 6.07) is 2.25. The molecular formula is C10H11ClN2O6S. The van der Waals surface area contributed by atoms with E-state index in [1.54, 1.807) is 0 Å². The van der Waals surface area contributed by atoms with Gasteiger partial charge in [-0.1, -0.05) is 11.6 Å². The van der Waals surface area contributed by atoms with Gasteiger partial charge in [0, 0.05) is 6.07 Å². The number of anilines is 1. The average molecular weight is 323 g/mol. The molecule has 0 radical (unpaired) electrons. The lowest BCUT2D eigenvalue weighted by Gasteiger charge is -2.10. The molecule has 0 bridgehead atoms. The average Bonchev–Trinajstić information content (AvgIpc) is 2.30. The van der Waals surface area contributed by atoms with Crippen molar-refractivity contribution in [1.29, 1.82) is 0 Å². The van der Waals surface area contributed by atoms with Crippen molar-refractivity contribution in [2.75, 3.05) is 10.5 Å². The minimum Gasteiger partial charge on any atom is -0.481 e. The van der Waals surface area contributed by atoms with Crippen molar-refractivity contribution in [3.8, 4) is 0 Å². The Bertz CT molecular complexity index is 658. The third-order valence-electron chi connectivity index (χ3n) is 2.34. The lowest BCUT2D eigenvalue weighted by molar-refractivity contribution is -0.384. The number of hydrogen-bond acceptors (Lipinski definition) is 5. The smallest absolute Gasteiger partial charge is 0.304 e. The summed E-state index contributed by atoms with van der Waals surface area (Å²) < 4.78 is 25.4. The summed E-state index contributed by atoms with van der Waals surface area (Å²) in [5.41, 5.74) is 0.0450. The normalized spacial score (nSPS) is 11.1. The molecule has 0 amide bonds. The van der Waals surface area contributed by atoms with Crippen LogP contribution in [-0.2, 0) is 14.8 Å². The summed E-state index contributed by atoms with van der Waals surface area (Å²) >= 11 is 5.68. The Morgan fingerprint density at radius 1 is 1.50 bits per heavy atom. The van der Waals surface area contributed by atoms with Gasteiger partial charge in [-0.25, -0.2) is 8.42 Å². The van der Waals surface area contributed by atoms with Crippen LogP contribution in [0.25, 0.3) is 0 Å². The van der Waals surface area contributed by atoms with Crippen LogP contribution in [0.1, 0.15) is 12.0 Å². The Morgan fingerprint density at radius 3 is 2.60 bits per heavy atom. The highest BCUT2D eigenvalue weighted by molar-refractivity contribution is 7.92. The summed E-state index contributed by atoms with van der Waals surface area (Å²) in [4.78, 5) is 20.3. The maximum atomic E-state index is 11.6. The molecule has 0 spiro atoms. The Labute approximate surface area is 119 Å². The fourth-order valence-electron chi connectivity index (χ4n) is 1.36. The van der Waals surface area contributed by atoms with E-state index in [9.17, 15) is 23.3 Å².